The summed E-state index contributed by atoms with van der Waals surface area (Å²) in [6.45, 7) is 4.73. The van der Waals surface area contributed by atoms with Crippen LogP contribution in [0.5, 0.6) is 0 Å². The number of aliphatic hydroxyl groups excluding tert-OH is 1. The summed E-state index contributed by atoms with van der Waals surface area (Å²) in [5.74, 6) is 0. The molecule has 1 aliphatic carbocycles. The van der Waals surface area contributed by atoms with Crippen molar-refractivity contribution in [2.75, 3.05) is 20.2 Å². The monoisotopic (exact) mass is 278 g/mol. The molecule has 0 aromatic rings. The summed E-state index contributed by atoms with van der Waals surface area (Å²) in [7, 11) is -1.86. The van der Waals surface area contributed by atoms with Crippen molar-refractivity contribution >= 4 is 10.2 Å². The average Bonchev–Trinajstić information content (AvgIpc) is 2.23. The van der Waals surface area contributed by atoms with E-state index >= 15 is 0 Å². The lowest BCUT2D eigenvalue weighted by molar-refractivity contribution is 0.210. The van der Waals surface area contributed by atoms with E-state index in [0.29, 0.717) is 13.0 Å². The highest BCUT2D eigenvalue weighted by Gasteiger charge is 2.31. The molecule has 1 rings (SSSR count). The first kappa shape index (κ1) is 15.9. The highest BCUT2D eigenvalue weighted by molar-refractivity contribution is 7.87. The van der Waals surface area contributed by atoms with Crippen LogP contribution in [-0.4, -0.2) is 44.1 Å². The van der Waals surface area contributed by atoms with Crippen LogP contribution in [0.15, 0.2) is 0 Å². The Hall–Kier alpha value is -0.170. The molecule has 0 heterocycles. The molecule has 0 aromatic heterocycles. The zero-order valence-electron chi connectivity index (χ0n) is 11.6. The van der Waals surface area contributed by atoms with E-state index in [1.165, 1.54) is 4.31 Å². The van der Waals surface area contributed by atoms with Crippen LogP contribution in [0.25, 0.3) is 0 Å². The lowest BCUT2D eigenvalue weighted by Gasteiger charge is -2.36. The molecule has 18 heavy (non-hydrogen) atoms. The third-order valence-electron chi connectivity index (χ3n) is 3.56. The Kier molecular flexibility index (Phi) is 5.58. The van der Waals surface area contributed by atoms with Crippen LogP contribution in [-0.2, 0) is 10.2 Å². The van der Waals surface area contributed by atoms with Gasteiger partial charge in [0.25, 0.3) is 10.2 Å². The maximum atomic E-state index is 12.0. The maximum Gasteiger partial charge on any atom is 0.279 e. The molecule has 1 saturated carbocycles. The van der Waals surface area contributed by atoms with E-state index in [4.69, 9.17) is 5.11 Å². The van der Waals surface area contributed by atoms with Crippen molar-refractivity contribution in [2.45, 2.75) is 52.0 Å². The van der Waals surface area contributed by atoms with Gasteiger partial charge in [-0.15, -0.1) is 0 Å². The van der Waals surface area contributed by atoms with Gasteiger partial charge in [-0.3, -0.25) is 0 Å². The molecule has 0 radical (unpaired) electrons. The van der Waals surface area contributed by atoms with Gasteiger partial charge in [-0.25, -0.2) is 0 Å². The molecular formula is C12H26N2O3S. The van der Waals surface area contributed by atoms with E-state index in [2.05, 4.69) is 18.6 Å². The van der Waals surface area contributed by atoms with Gasteiger partial charge in [-0.05, 0) is 31.1 Å². The molecule has 0 aromatic carbocycles. The normalized spacial score (nSPS) is 24.4. The summed E-state index contributed by atoms with van der Waals surface area (Å²) < 4.78 is 28.2. The van der Waals surface area contributed by atoms with Gasteiger partial charge < -0.3 is 5.11 Å². The minimum absolute atomic E-state index is 0.0102. The van der Waals surface area contributed by atoms with E-state index in [9.17, 15) is 8.42 Å². The molecule has 1 unspecified atom stereocenters. The van der Waals surface area contributed by atoms with Crippen LogP contribution in [0.2, 0.25) is 0 Å². The van der Waals surface area contributed by atoms with Gasteiger partial charge in [0, 0.05) is 26.2 Å². The molecule has 0 amide bonds. The second-order valence-electron chi connectivity index (χ2n) is 5.98. The van der Waals surface area contributed by atoms with Crippen molar-refractivity contribution < 1.29 is 13.5 Å². The molecule has 1 atom stereocenters. The minimum atomic E-state index is -3.41. The van der Waals surface area contributed by atoms with Gasteiger partial charge in [0.05, 0.1) is 0 Å². The Morgan fingerprint density at radius 3 is 2.67 bits per heavy atom. The third kappa shape index (κ3) is 4.84. The van der Waals surface area contributed by atoms with Gasteiger partial charge in [0.1, 0.15) is 0 Å². The van der Waals surface area contributed by atoms with Gasteiger partial charge in [-0.2, -0.15) is 17.4 Å². The predicted molar refractivity (Wildman–Crippen MR) is 72.4 cm³/mol. The predicted octanol–water partition coefficient (Wildman–Crippen LogP) is 1.10. The lowest BCUT2D eigenvalue weighted by Crippen LogP contribution is -2.46. The van der Waals surface area contributed by atoms with Crippen molar-refractivity contribution in [3.8, 4) is 0 Å². The summed E-state index contributed by atoms with van der Waals surface area (Å²) in [5.41, 5.74) is 0.217. The fourth-order valence-electron chi connectivity index (χ4n) is 2.51. The van der Waals surface area contributed by atoms with Crippen LogP contribution in [0.4, 0.5) is 0 Å². The lowest BCUT2D eigenvalue weighted by atomic mass is 9.75. The Balaban J connectivity index is 2.54. The first-order valence-electron chi connectivity index (χ1n) is 6.61. The molecule has 0 spiro atoms. The number of nitrogens with zero attached hydrogens (tertiary/aromatic N) is 1. The fourth-order valence-corrected chi connectivity index (χ4v) is 3.68. The number of aliphatic hydroxyl groups is 1. The Bertz CT molecular complexity index is 354. The van der Waals surface area contributed by atoms with Gasteiger partial charge in [0.15, 0.2) is 0 Å². The molecule has 0 bridgehead atoms. The summed E-state index contributed by atoms with van der Waals surface area (Å²) in [6, 6.07) is 0.0373. The quantitative estimate of drug-likeness (QED) is 0.764. The van der Waals surface area contributed by atoms with E-state index in [1.807, 2.05) is 0 Å². The standard InChI is InChI=1S/C12H26N2O3S/c1-12(2)7-4-6-11(10-12)13-18(16,17)14(3)8-5-9-15/h11,13,15H,4-10H2,1-3H3. The molecule has 6 heteroatoms. The number of hydrogen-bond acceptors (Lipinski definition) is 3. The molecule has 5 nitrogen and oxygen atoms in total. The van der Waals surface area contributed by atoms with E-state index < -0.39 is 10.2 Å². The van der Waals surface area contributed by atoms with Crippen LogP contribution < -0.4 is 4.72 Å². The Morgan fingerprint density at radius 1 is 1.44 bits per heavy atom. The second-order valence-corrected chi connectivity index (χ2v) is 7.79. The number of rotatable bonds is 6. The second kappa shape index (κ2) is 6.32. The van der Waals surface area contributed by atoms with Crippen molar-refractivity contribution in [2.24, 2.45) is 5.41 Å². The average molecular weight is 278 g/mol. The van der Waals surface area contributed by atoms with Crippen molar-refractivity contribution in [1.82, 2.24) is 9.03 Å². The topological polar surface area (TPSA) is 69.6 Å². The van der Waals surface area contributed by atoms with Gasteiger partial charge >= 0.3 is 0 Å². The largest absolute Gasteiger partial charge is 0.396 e. The summed E-state index contributed by atoms with van der Waals surface area (Å²) in [6.07, 6.45) is 4.50. The molecule has 0 saturated heterocycles. The summed E-state index contributed by atoms with van der Waals surface area (Å²) >= 11 is 0. The fraction of sp³-hybridized carbons (Fsp3) is 1.00. The molecule has 2 N–H and O–H groups in total. The third-order valence-corrected chi connectivity index (χ3v) is 5.20. The van der Waals surface area contributed by atoms with Crippen LogP contribution >= 0.6 is 0 Å². The number of nitrogens with one attached hydrogen (secondary N) is 1. The van der Waals surface area contributed by atoms with Crippen molar-refractivity contribution in [3.05, 3.63) is 0 Å². The highest BCUT2D eigenvalue weighted by atomic mass is 32.2. The summed E-state index contributed by atoms with van der Waals surface area (Å²) in [5, 5.41) is 8.73. The van der Waals surface area contributed by atoms with E-state index in [-0.39, 0.29) is 18.1 Å². The molecule has 1 aliphatic rings. The zero-order valence-corrected chi connectivity index (χ0v) is 12.5. The van der Waals surface area contributed by atoms with Crippen molar-refractivity contribution in [3.63, 3.8) is 0 Å². The van der Waals surface area contributed by atoms with Crippen LogP contribution in [0.3, 0.4) is 0 Å². The first-order chi connectivity index (χ1) is 8.27. The van der Waals surface area contributed by atoms with E-state index in [0.717, 1.165) is 25.7 Å². The van der Waals surface area contributed by atoms with E-state index in [1.54, 1.807) is 7.05 Å². The maximum absolute atomic E-state index is 12.0. The SMILES string of the molecule is CN(CCCO)S(=O)(=O)NC1CCCC(C)(C)C1. The Morgan fingerprint density at radius 2 is 2.11 bits per heavy atom. The van der Waals surface area contributed by atoms with Gasteiger partial charge in [0.2, 0.25) is 0 Å². The van der Waals surface area contributed by atoms with Crippen molar-refractivity contribution in [1.29, 1.82) is 0 Å². The molecule has 108 valence electrons. The molecule has 1 fully saturated rings. The first-order valence-corrected chi connectivity index (χ1v) is 8.05. The molecule has 0 aliphatic heterocycles. The number of hydrogen-bond donors (Lipinski definition) is 2. The molecular weight excluding hydrogens is 252 g/mol. The summed E-state index contributed by atoms with van der Waals surface area (Å²) in [4.78, 5) is 0. The Labute approximate surface area is 111 Å². The van der Waals surface area contributed by atoms with Crippen LogP contribution in [0, 0.1) is 5.41 Å². The highest BCUT2D eigenvalue weighted by Crippen LogP contribution is 2.35. The smallest absolute Gasteiger partial charge is 0.279 e. The van der Waals surface area contributed by atoms with Gasteiger partial charge in [-0.1, -0.05) is 20.3 Å². The zero-order chi connectivity index (χ0) is 13.8. The van der Waals surface area contributed by atoms with Crippen LogP contribution in [0.1, 0.15) is 46.0 Å². The minimum Gasteiger partial charge on any atom is -0.396 e.